The van der Waals surface area contributed by atoms with Crippen LogP contribution in [0.5, 0.6) is 0 Å². The molecule has 0 aromatic rings. The monoisotopic (exact) mass is 278 g/mol. The molecular weight excluding hydrogens is 252 g/mol. The van der Waals surface area contributed by atoms with Crippen molar-refractivity contribution in [3.05, 3.63) is 0 Å². The third kappa shape index (κ3) is 4.84. The molecule has 108 valence electrons. The molecule has 1 aliphatic heterocycles. The maximum Gasteiger partial charge on any atom is 0.279 e. The molecule has 1 aliphatic rings. The van der Waals surface area contributed by atoms with Gasteiger partial charge in [-0.05, 0) is 31.1 Å². The Labute approximate surface area is 111 Å². The first-order chi connectivity index (χ1) is 8.49. The Balaban J connectivity index is 2.48. The predicted octanol–water partition coefficient (Wildman–Crippen LogP) is 0.961. The average molecular weight is 278 g/mol. The van der Waals surface area contributed by atoms with Gasteiger partial charge in [-0.1, -0.05) is 20.3 Å². The number of hydrogen-bond donors (Lipinski definition) is 2. The molecule has 0 aromatic carbocycles. The summed E-state index contributed by atoms with van der Waals surface area (Å²) in [4.78, 5) is 0. The van der Waals surface area contributed by atoms with E-state index in [0.717, 1.165) is 19.3 Å². The zero-order valence-corrected chi connectivity index (χ0v) is 12.2. The second kappa shape index (κ2) is 7.43. The minimum absolute atomic E-state index is 0.112. The number of aliphatic hydroxyl groups excluding tert-OH is 1. The van der Waals surface area contributed by atoms with Gasteiger partial charge in [0.2, 0.25) is 0 Å². The van der Waals surface area contributed by atoms with Crippen LogP contribution < -0.4 is 4.72 Å². The molecule has 0 bridgehead atoms. The van der Waals surface area contributed by atoms with Crippen molar-refractivity contribution in [2.24, 2.45) is 11.8 Å². The Morgan fingerprint density at radius 2 is 2.22 bits per heavy atom. The minimum Gasteiger partial charge on any atom is -0.396 e. The molecule has 0 aromatic heterocycles. The molecule has 1 rings (SSSR count). The summed E-state index contributed by atoms with van der Waals surface area (Å²) in [5, 5.41) is 8.89. The molecule has 0 spiro atoms. The number of nitrogens with zero attached hydrogens (tertiary/aromatic N) is 1. The van der Waals surface area contributed by atoms with E-state index in [4.69, 9.17) is 5.11 Å². The van der Waals surface area contributed by atoms with Gasteiger partial charge >= 0.3 is 0 Å². The lowest BCUT2D eigenvalue weighted by Gasteiger charge is -2.30. The van der Waals surface area contributed by atoms with E-state index in [1.807, 2.05) is 6.92 Å². The highest BCUT2D eigenvalue weighted by atomic mass is 32.2. The molecular formula is C12H26N2O3S. The smallest absolute Gasteiger partial charge is 0.279 e. The summed E-state index contributed by atoms with van der Waals surface area (Å²) in [6.45, 7) is 5.87. The van der Waals surface area contributed by atoms with Crippen LogP contribution in [0.2, 0.25) is 0 Å². The first-order valence-corrected chi connectivity index (χ1v) is 8.29. The lowest BCUT2D eigenvalue weighted by molar-refractivity contribution is 0.251. The summed E-state index contributed by atoms with van der Waals surface area (Å²) in [6.07, 6.45) is 3.57. The van der Waals surface area contributed by atoms with Gasteiger partial charge in [0.25, 0.3) is 10.2 Å². The largest absolute Gasteiger partial charge is 0.396 e. The number of nitrogens with one attached hydrogen (secondary N) is 1. The second-order valence-electron chi connectivity index (χ2n) is 5.25. The van der Waals surface area contributed by atoms with Gasteiger partial charge in [0.05, 0.1) is 0 Å². The van der Waals surface area contributed by atoms with E-state index in [-0.39, 0.29) is 12.5 Å². The fraction of sp³-hybridized carbons (Fsp3) is 1.00. The molecule has 0 saturated carbocycles. The highest BCUT2D eigenvalue weighted by Gasteiger charge is 2.27. The lowest BCUT2D eigenvalue weighted by Crippen LogP contribution is -2.46. The molecule has 0 amide bonds. The molecule has 18 heavy (non-hydrogen) atoms. The van der Waals surface area contributed by atoms with E-state index in [9.17, 15) is 8.42 Å². The number of hydrogen-bond acceptors (Lipinski definition) is 3. The van der Waals surface area contributed by atoms with Crippen LogP contribution >= 0.6 is 0 Å². The van der Waals surface area contributed by atoms with Gasteiger partial charge in [0.1, 0.15) is 0 Å². The summed E-state index contributed by atoms with van der Waals surface area (Å²) in [6, 6.07) is 0. The highest BCUT2D eigenvalue weighted by molar-refractivity contribution is 7.87. The average Bonchev–Trinajstić information content (AvgIpc) is 2.34. The van der Waals surface area contributed by atoms with Crippen molar-refractivity contribution >= 4 is 10.2 Å². The zero-order chi connectivity index (χ0) is 13.6. The van der Waals surface area contributed by atoms with Crippen molar-refractivity contribution in [2.75, 3.05) is 26.2 Å². The molecule has 2 atom stereocenters. The lowest BCUT2D eigenvalue weighted by atomic mass is 10.0. The van der Waals surface area contributed by atoms with E-state index < -0.39 is 10.2 Å². The van der Waals surface area contributed by atoms with Gasteiger partial charge in [0, 0.05) is 26.2 Å². The third-order valence-corrected chi connectivity index (χ3v) is 5.17. The zero-order valence-electron chi connectivity index (χ0n) is 11.4. The summed E-state index contributed by atoms with van der Waals surface area (Å²) >= 11 is 0. The van der Waals surface area contributed by atoms with Crippen LogP contribution in [0.3, 0.4) is 0 Å². The standard InChI is InChI=1S/C12H26N2O3S/c1-3-12(6-8-15)9-13-18(16,17)14-7-4-5-11(2)10-14/h11-13,15H,3-10H2,1-2H3. The number of piperidine rings is 1. The Kier molecular flexibility index (Phi) is 6.55. The molecule has 2 unspecified atom stereocenters. The van der Waals surface area contributed by atoms with Crippen molar-refractivity contribution < 1.29 is 13.5 Å². The number of aliphatic hydroxyl groups is 1. The van der Waals surface area contributed by atoms with Gasteiger partial charge in [0.15, 0.2) is 0 Å². The molecule has 1 saturated heterocycles. The quantitative estimate of drug-likeness (QED) is 0.729. The number of rotatable bonds is 7. The van der Waals surface area contributed by atoms with Gasteiger partial charge in [-0.25, -0.2) is 4.72 Å². The van der Waals surface area contributed by atoms with Crippen molar-refractivity contribution in [1.82, 2.24) is 9.03 Å². The van der Waals surface area contributed by atoms with Crippen LogP contribution in [0.15, 0.2) is 0 Å². The molecule has 6 heteroatoms. The van der Waals surface area contributed by atoms with Crippen LogP contribution in [-0.4, -0.2) is 44.1 Å². The van der Waals surface area contributed by atoms with Crippen molar-refractivity contribution in [1.29, 1.82) is 0 Å². The van der Waals surface area contributed by atoms with E-state index in [2.05, 4.69) is 11.6 Å². The fourth-order valence-electron chi connectivity index (χ4n) is 2.31. The van der Waals surface area contributed by atoms with Crippen molar-refractivity contribution in [3.63, 3.8) is 0 Å². The molecule has 0 aliphatic carbocycles. The fourth-order valence-corrected chi connectivity index (χ4v) is 3.76. The molecule has 5 nitrogen and oxygen atoms in total. The molecule has 0 radical (unpaired) electrons. The van der Waals surface area contributed by atoms with E-state index in [1.165, 1.54) is 0 Å². The van der Waals surface area contributed by atoms with Crippen molar-refractivity contribution in [3.8, 4) is 0 Å². The molecule has 2 N–H and O–H groups in total. The Morgan fingerprint density at radius 1 is 1.50 bits per heavy atom. The van der Waals surface area contributed by atoms with E-state index in [0.29, 0.717) is 32.0 Å². The Bertz CT molecular complexity index is 332. The summed E-state index contributed by atoms with van der Waals surface area (Å²) in [5.74, 6) is 0.654. The van der Waals surface area contributed by atoms with Crippen LogP contribution in [0.4, 0.5) is 0 Å². The van der Waals surface area contributed by atoms with Gasteiger partial charge in [-0.2, -0.15) is 12.7 Å². The predicted molar refractivity (Wildman–Crippen MR) is 72.4 cm³/mol. The molecule has 1 fully saturated rings. The third-order valence-electron chi connectivity index (χ3n) is 3.63. The van der Waals surface area contributed by atoms with Crippen LogP contribution in [0.1, 0.15) is 39.5 Å². The normalized spacial score (nSPS) is 24.1. The minimum atomic E-state index is -3.34. The first-order valence-electron chi connectivity index (χ1n) is 6.85. The molecule has 1 heterocycles. The van der Waals surface area contributed by atoms with Crippen LogP contribution in [0, 0.1) is 11.8 Å². The maximum absolute atomic E-state index is 12.1. The maximum atomic E-state index is 12.1. The Morgan fingerprint density at radius 3 is 2.78 bits per heavy atom. The van der Waals surface area contributed by atoms with Gasteiger partial charge in [-0.3, -0.25) is 0 Å². The summed E-state index contributed by atoms with van der Waals surface area (Å²) in [5.41, 5.74) is 0. The van der Waals surface area contributed by atoms with Crippen molar-refractivity contribution in [2.45, 2.75) is 39.5 Å². The summed E-state index contributed by atoms with van der Waals surface area (Å²) in [7, 11) is -3.34. The first kappa shape index (κ1) is 15.9. The second-order valence-corrected chi connectivity index (χ2v) is 7.00. The Hall–Kier alpha value is -0.170. The van der Waals surface area contributed by atoms with E-state index in [1.54, 1.807) is 4.31 Å². The van der Waals surface area contributed by atoms with E-state index >= 15 is 0 Å². The van der Waals surface area contributed by atoms with Gasteiger partial charge < -0.3 is 5.11 Å². The topological polar surface area (TPSA) is 69.6 Å². The van der Waals surface area contributed by atoms with Gasteiger partial charge in [-0.15, -0.1) is 0 Å². The van der Waals surface area contributed by atoms with Crippen LogP contribution in [0.25, 0.3) is 0 Å². The highest BCUT2D eigenvalue weighted by Crippen LogP contribution is 2.18. The summed E-state index contributed by atoms with van der Waals surface area (Å²) < 4.78 is 28.4. The van der Waals surface area contributed by atoms with Crippen LogP contribution in [-0.2, 0) is 10.2 Å². The SMILES string of the molecule is CCC(CCO)CNS(=O)(=O)N1CCCC(C)C1.